The Kier molecular flexibility index (Phi) is 10.2. The Hall–Kier alpha value is -3.66. The SMILES string of the molecule is CNC(=O)C(Cc1ccccc1)N(Cc1ccc(Cl)cc1)C(=O)CN(c1cccc(Br)c1)S(=O)(=O)c1ccccc1. The van der Waals surface area contributed by atoms with Crippen LogP contribution in [0.4, 0.5) is 5.69 Å². The van der Waals surface area contributed by atoms with Gasteiger partial charge in [-0.1, -0.05) is 94.3 Å². The highest BCUT2D eigenvalue weighted by Gasteiger charge is 2.34. The van der Waals surface area contributed by atoms with Crippen molar-refractivity contribution in [3.8, 4) is 0 Å². The van der Waals surface area contributed by atoms with Gasteiger partial charge < -0.3 is 10.2 Å². The molecule has 0 aliphatic rings. The number of amides is 2. The van der Waals surface area contributed by atoms with Crippen molar-refractivity contribution < 1.29 is 18.0 Å². The summed E-state index contributed by atoms with van der Waals surface area (Å²) in [6.45, 7) is -0.456. The fourth-order valence-electron chi connectivity index (χ4n) is 4.39. The highest BCUT2D eigenvalue weighted by Crippen LogP contribution is 2.27. The Morgan fingerprint density at radius 3 is 2.10 bits per heavy atom. The van der Waals surface area contributed by atoms with Crippen LogP contribution in [0.15, 0.2) is 119 Å². The minimum absolute atomic E-state index is 0.0455. The van der Waals surface area contributed by atoms with Gasteiger partial charge in [0.05, 0.1) is 10.6 Å². The molecule has 4 rings (SSSR count). The molecule has 4 aromatic carbocycles. The molecule has 10 heteroatoms. The van der Waals surface area contributed by atoms with E-state index < -0.39 is 28.5 Å². The van der Waals surface area contributed by atoms with E-state index in [4.69, 9.17) is 11.6 Å². The average molecular weight is 655 g/mol. The van der Waals surface area contributed by atoms with Gasteiger partial charge in [0.15, 0.2) is 0 Å². The fraction of sp³-hybridized carbons (Fsp3) is 0.161. The van der Waals surface area contributed by atoms with E-state index in [2.05, 4.69) is 21.2 Å². The molecule has 0 aliphatic heterocycles. The number of nitrogens with zero attached hydrogens (tertiary/aromatic N) is 2. The Balaban J connectivity index is 1.78. The smallest absolute Gasteiger partial charge is 0.264 e. The van der Waals surface area contributed by atoms with Crippen LogP contribution in [0.5, 0.6) is 0 Å². The van der Waals surface area contributed by atoms with Gasteiger partial charge in [0, 0.05) is 29.5 Å². The Morgan fingerprint density at radius 2 is 1.49 bits per heavy atom. The van der Waals surface area contributed by atoms with Crippen LogP contribution in [-0.4, -0.2) is 44.8 Å². The second-order valence-electron chi connectivity index (χ2n) is 9.27. The van der Waals surface area contributed by atoms with Gasteiger partial charge in [-0.05, 0) is 53.6 Å². The van der Waals surface area contributed by atoms with Gasteiger partial charge >= 0.3 is 0 Å². The third-order valence-electron chi connectivity index (χ3n) is 6.49. The number of hydrogen-bond donors (Lipinski definition) is 1. The number of halogens is 2. The molecular formula is C31H29BrClN3O4S. The van der Waals surface area contributed by atoms with Crippen LogP contribution < -0.4 is 9.62 Å². The molecule has 0 radical (unpaired) electrons. The summed E-state index contributed by atoms with van der Waals surface area (Å²) in [5, 5.41) is 3.21. The van der Waals surface area contributed by atoms with Gasteiger partial charge in [-0.2, -0.15) is 0 Å². The van der Waals surface area contributed by atoms with E-state index in [1.807, 2.05) is 30.3 Å². The molecule has 0 fully saturated rings. The molecule has 0 spiro atoms. The van der Waals surface area contributed by atoms with Crippen LogP contribution in [0.25, 0.3) is 0 Å². The maximum atomic E-state index is 14.2. The number of carbonyl (C=O) groups excluding carboxylic acids is 2. The molecule has 0 bridgehead atoms. The molecule has 1 unspecified atom stereocenters. The lowest BCUT2D eigenvalue weighted by Gasteiger charge is -2.33. The standard InChI is InChI=1S/C31H29BrClN3O4S/c1-34-31(38)29(19-23-9-4-2-5-10-23)35(21-24-15-17-26(33)18-16-24)30(37)22-36(27-12-8-11-25(32)20-27)41(39,40)28-13-6-3-7-14-28/h2-18,20,29H,19,21-22H2,1H3,(H,34,38). The molecule has 1 N–H and O–H groups in total. The van der Waals surface area contributed by atoms with Crippen molar-refractivity contribution in [2.24, 2.45) is 0 Å². The summed E-state index contributed by atoms with van der Waals surface area (Å²) in [5.74, 6) is -0.903. The van der Waals surface area contributed by atoms with Crippen molar-refractivity contribution in [1.82, 2.24) is 10.2 Å². The Bertz CT molecular complexity index is 1590. The maximum Gasteiger partial charge on any atom is 0.264 e. The lowest BCUT2D eigenvalue weighted by Crippen LogP contribution is -2.53. The first-order chi connectivity index (χ1) is 19.7. The molecule has 2 amide bonds. The van der Waals surface area contributed by atoms with E-state index in [1.54, 1.807) is 66.7 Å². The normalized spacial score (nSPS) is 11.9. The van der Waals surface area contributed by atoms with Crippen molar-refractivity contribution in [3.63, 3.8) is 0 Å². The summed E-state index contributed by atoms with van der Waals surface area (Å²) < 4.78 is 29.5. The molecule has 0 saturated heterocycles. The van der Waals surface area contributed by atoms with Crippen molar-refractivity contribution in [2.75, 3.05) is 17.9 Å². The first-order valence-electron chi connectivity index (χ1n) is 12.8. The molecule has 0 saturated carbocycles. The summed E-state index contributed by atoms with van der Waals surface area (Å²) in [7, 11) is -2.63. The van der Waals surface area contributed by atoms with Crippen LogP contribution >= 0.6 is 27.5 Å². The van der Waals surface area contributed by atoms with Gasteiger partial charge in [0.2, 0.25) is 11.8 Å². The lowest BCUT2D eigenvalue weighted by atomic mass is 10.0. The molecule has 1 atom stereocenters. The van der Waals surface area contributed by atoms with Gasteiger partial charge in [-0.25, -0.2) is 8.42 Å². The van der Waals surface area contributed by atoms with Crippen molar-refractivity contribution in [2.45, 2.75) is 23.9 Å². The zero-order valence-electron chi connectivity index (χ0n) is 22.3. The molecule has 0 aliphatic carbocycles. The first kappa shape index (κ1) is 30.3. The number of nitrogens with one attached hydrogen (secondary N) is 1. The summed E-state index contributed by atoms with van der Waals surface area (Å²) >= 11 is 9.50. The van der Waals surface area contributed by atoms with Gasteiger partial charge in [-0.3, -0.25) is 13.9 Å². The topological polar surface area (TPSA) is 86.8 Å². The monoisotopic (exact) mass is 653 g/mol. The highest BCUT2D eigenvalue weighted by molar-refractivity contribution is 9.10. The number of rotatable bonds is 11. The second-order valence-corrected chi connectivity index (χ2v) is 12.5. The summed E-state index contributed by atoms with van der Waals surface area (Å²) in [5.41, 5.74) is 1.91. The summed E-state index contributed by atoms with van der Waals surface area (Å²) in [6.07, 6.45) is 0.238. The van der Waals surface area contributed by atoms with Crippen LogP contribution in [-0.2, 0) is 32.6 Å². The molecular weight excluding hydrogens is 626 g/mol. The molecule has 41 heavy (non-hydrogen) atoms. The minimum Gasteiger partial charge on any atom is -0.357 e. The second kappa shape index (κ2) is 13.8. The molecule has 7 nitrogen and oxygen atoms in total. The predicted molar refractivity (Wildman–Crippen MR) is 165 cm³/mol. The van der Waals surface area contributed by atoms with Crippen molar-refractivity contribution >= 4 is 55.1 Å². The van der Waals surface area contributed by atoms with E-state index in [9.17, 15) is 18.0 Å². The molecule has 212 valence electrons. The van der Waals surface area contributed by atoms with Gasteiger partial charge in [0.1, 0.15) is 12.6 Å². The Morgan fingerprint density at radius 1 is 0.854 bits per heavy atom. The van der Waals surface area contributed by atoms with E-state index >= 15 is 0 Å². The quantitative estimate of drug-likeness (QED) is 0.225. The van der Waals surface area contributed by atoms with Gasteiger partial charge in [-0.15, -0.1) is 0 Å². The van der Waals surface area contributed by atoms with Crippen LogP contribution in [0.3, 0.4) is 0 Å². The number of likely N-dealkylation sites (N-methyl/N-ethyl adjacent to an activating group) is 1. The maximum absolute atomic E-state index is 14.2. The van der Waals surface area contributed by atoms with Crippen LogP contribution in [0.2, 0.25) is 5.02 Å². The largest absolute Gasteiger partial charge is 0.357 e. The third-order valence-corrected chi connectivity index (χ3v) is 9.02. The number of sulfonamides is 1. The molecule has 0 aromatic heterocycles. The van der Waals surface area contributed by atoms with Gasteiger partial charge in [0.25, 0.3) is 10.0 Å². The summed E-state index contributed by atoms with van der Waals surface area (Å²) in [6, 6.07) is 30.1. The minimum atomic E-state index is -4.14. The van der Waals surface area contributed by atoms with E-state index in [0.717, 1.165) is 15.4 Å². The first-order valence-corrected chi connectivity index (χ1v) is 15.4. The summed E-state index contributed by atoms with van der Waals surface area (Å²) in [4.78, 5) is 29.0. The fourth-order valence-corrected chi connectivity index (χ4v) is 6.33. The molecule has 0 heterocycles. The number of hydrogen-bond acceptors (Lipinski definition) is 4. The van der Waals surface area contributed by atoms with E-state index in [1.165, 1.54) is 24.1 Å². The predicted octanol–water partition coefficient (Wildman–Crippen LogP) is 5.68. The van der Waals surface area contributed by atoms with Crippen molar-refractivity contribution in [1.29, 1.82) is 0 Å². The van der Waals surface area contributed by atoms with Crippen molar-refractivity contribution in [3.05, 3.63) is 130 Å². The zero-order valence-corrected chi connectivity index (χ0v) is 25.4. The van der Waals surface area contributed by atoms with Crippen LogP contribution in [0, 0.1) is 0 Å². The molecule has 4 aromatic rings. The lowest BCUT2D eigenvalue weighted by molar-refractivity contribution is -0.139. The average Bonchev–Trinajstić information content (AvgIpc) is 2.99. The van der Waals surface area contributed by atoms with E-state index in [-0.39, 0.29) is 23.8 Å². The Labute approximate surface area is 253 Å². The van der Waals surface area contributed by atoms with E-state index in [0.29, 0.717) is 15.2 Å². The highest BCUT2D eigenvalue weighted by atomic mass is 79.9. The zero-order chi connectivity index (χ0) is 29.4. The number of benzene rings is 4. The third kappa shape index (κ3) is 7.75. The number of carbonyl (C=O) groups is 2. The number of anilines is 1. The van der Waals surface area contributed by atoms with Crippen LogP contribution in [0.1, 0.15) is 11.1 Å².